The summed E-state index contributed by atoms with van der Waals surface area (Å²) in [6.07, 6.45) is -0.607. The van der Waals surface area contributed by atoms with Crippen molar-refractivity contribution in [2.24, 2.45) is 0 Å². The van der Waals surface area contributed by atoms with Gasteiger partial charge < -0.3 is 19.5 Å². The van der Waals surface area contributed by atoms with Gasteiger partial charge in [0.25, 0.3) is 5.91 Å². The second-order valence-corrected chi connectivity index (χ2v) is 3.56. The van der Waals surface area contributed by atoms with Gasteiger partial charge in [0.1, 0.15) is 6.10 Å². The highest BCUT2D eigenvalue weighted by Gasteiger charge is 2.34. The summed E-state index contributed by atoms with van der Waals surface area (Å²) in [5.74, 6) is -1.34. The zero-order valence-electron chi connectivity index (χ0n) is 9.51. The minimum Gasteiger partial charge on any atom is -0.480 e. The summed E-state index contributed by atoms with van der Waals surface area (Å²) in [6.45, 7) is 4.55. The van der Waals surface area contributed by atoms with Gasteiger partial charge >= 0.3 is 5.97 Å². The zero-order chi connectivity index (χ0) is 12.1. The van der Waals surface area contributed by atoms with Gasteiger partial charge in [0, 0.05) is 13.2 Å². The molecule has 0 aromatic rings. The van der Waals surface area contributed by atoms with E-state index in [9.17, 15) is 9.59 Å². The normalized spacial score (nSPS) is 22.9. The van der Waals surface area contributed by atoms with E-state index in [4.69, 9.17) is 14.6 Å². The second kappa shape index (κ2) is 5.81. The monoisotopic (exact) mass is 231 g/mol. The van der Waals surface area contributed by atoms with Crippen LogP contribution in [0.2, 0.25) is 0 Å². The lowest BCUT2D eigenvalue weighted by Crippen LogP contribution is -2.55. The fraction of sp³-hybridized carbons (Fsp3) is 0.800. The number of nitrogens with zero attached hydrogens (tertiary/aromatic N) is 1. The van der Waals surface area contributed by atoms with E-state index in [1.807, 2.05) is 0 Å². The number of amides is 1. The Morgan fingerprint density at radius 3 is 2.88 bits per heavy atom. The Bertz CT molecular complexity index is 268. The molecule has 0 saturated carbocycles. The Kier molecular flexibility index (Phi) is 4.70. The molecule has 0 aromatic heterocycles. The van der Waals surface area contributed by atoms with Crippen LogP contribution in [0.4, 0.5) is 0 Å². The molecule has 1 aliphatic heterocycles. The molecule has 6 nitrogen and oxygen atoms in total. The van der Waals surface area contributed by atoms with E-state index in [0.717, 1.165) is 0 Å². The molecule has 1 saturated heterocycles. The smallest absolute Gasteiger partial charge is 0.328 e. The summed E-state index contributed by atoms with van der Waals surface area (Å²) in [5, 5.41) is 8.95. The maximum absolute atomic E-state index is 11.9. The van der Waals surface area contributed by atoms with Crippen molar-refractivity contribution in [3.63, 3.8) is 0 Å². The topological polar surface area (TPSA) is 76.1 Å². The number of morpholine rings is 1. The van der Waals surface area contributed by atoms with Crippen molar-refractivity contribution < 1.29 is 24.2 Å². The van der Waals surface area contributed by atoms with E-state index < -0.39 is 18.1 Å². The third-order valence-electron chi connectivity index (χ3n) is 2.46. The molecule has 1 amide bonds. The van der Waals surface area contributed by atoms with Gasteiger partial charge in [-0.05, 0) is 13.8 Å². The molecule has 0 aliphatic carbocycles. The lowest BCUT2D eigenvalue weighted by molar-refractivity contribution is -0.163. The van der Waals surface area contributed by atoms with E-state index in [2.05, 4.69) is 0 Å². The van der Waals surface area contributed by atoms with Crippen LogP contribution in [-0.4, -0.2) is 60.4 Å². The Labute approximate surface area is 94.1 Å². The predicted octanol–water partition coefficient (Wildman–Crippen LogP) is -0.277. The number of hydrogen-bond acceptors (Lipinski definition) is 4. The highest BCUT2D eigenvalue weighted by molar-refractivity contribution is 5.86. The maximum atomic E-state index is 11.9. The van der Waals surface area contributed by atoms with E-state index in [1.54, 1.807) is 13.8 Å². The highest BCUT2D eigenvalue weighted by Crippen LogP contribution is 2.10. The van der Waals surface area contributed by atoms with E-state index in [0.29, 0.717) is 19.8 Å². The van der Waals surface area contributed by atoms with Crippen molar-refractivity contribution in [3.8, 4) is 0 Å². The molecule has 6 heteroatoms. The molecule has 92 valence electrons. The SMILES string of the molecule is CCOC(C)C(=O)N1CCOCC1C(=O)O. The molecule has 1 N–H and O–H groups in total. The van der Waals surface area contributed by atoms with Crippen molar-refractivity contribution in [3.05, 3.63) is 0 Å². The number of carbonyl (C=O) groups is 2. The minimum absolute atomic E-state index is 0.0416. The lowest BCUT2D eigenvalue weighted by Gasteiger charge is -2.34. The summed E-state index contributed by atoms with van der Waals surface area (Å²) in [5.41, 5.74) is 0. The van der Waals surface area contributed by atoms with Crippen LogP contribution < -0.4 is 0 Å². The van der Waals surface area contributed by atoms with Gasteiger partial charge in [-0.3, -0.25) is 4.79 Å². The Morgan fingerprint density at radius 2 is 2.31 bits per heavy atom. The molecule has 16 heavy (non-hydrogen) atoms. The summed E-state index contributed by atoms with van der Waals surface area (Å²) < 4.78 is 10.2. The summed E-state index contributed by atoms with van der Waals surface area (Å²) in [4.78, 5) is 24.1. The number of aliphatic carboxylic acids is 1. The van der Waals surface area contributed by atoms with Crippen LogP contribution in [0, 0.1) is 0 Å². The van der Waals surface area contributed by atoms with E-state index >= 15 is 0 Å². The first-order valence-electron chi connectivity index (χ1n) is 5.30. The van der Waals surface area contributed by atoms with Gasteiger partial charge in [-0.15, -0.1) is 0 Å². The van der Waals surface area contributed by atoms with Crippen LogP contribution in [0.3, 0.4) is 0 Å². The predicted molar refractivity (Wildman–Crippen MR) is 55.0 cm³/mol. The number of hydrogen-bond donors (Lipinski definition) is 1. The first-order valence-corrected chi connectivity index (χ1v) is 5.30. The lowest BCUT2D eigenvalue weighted by atomic mass is 10.2. The van der Waals surface area contributed by atoms with Crippen molar-refractivity contribution >= 4 is 11.9 Å². The molecule has 1 heterocycles. The average Bonchev–Trinajstić information content (AvgIpc) is 2.28. The highest BCUT2D eigenvalue weighted by atomic mass is 16.5. The van der Waals surface area contributed by atoms with Crippen LogP contribution in [0.15, 0.2) is 0 Å². The molecule has 1 fully saturated rings. The number of carboxylic acid groups (broad SMARTS) is 1. The Morgan fingerprint density at radius 1 is 1.62 bits per heavy atom. The molecule has 2 atom stereocenters. The van der Waals surface area contributed by atoms with Gasteiger partial charge in [0.2, 0.25) is 0 Å². The first-order chi connectivity index (χ1) is 7.57. The van der Waals surface area contributed by atoms with Crippen LogP contribution in [0.5, 0.6) is 0 Å². The maximum Gasteiger partial charge on any atom is 0.328 e. The van der Waals surface area contributed by atoms with Gasteiger partial charge in [0.05, 0.1) is 13.2 Å². The molecule has 0 radical (unpaired) electrons. The second-order valence-electron chi connectivity index (χ2n) is 3.56. The summed E-state index contributed by atoms with van der Waals surface area (Å²) >= 11 is 0. The average molecular weight is 231 g/mol. The molecule has 1 rings (SSSR count). The summed E-state index contributed by atoms with van der Waals surface area (Å²) in [7, 11) is 0. The molecular formula is C10H17NO5. The third kappa shape index (κ3) is 2.93. The molecule has 0 aromatic carbocycles. The number of ether oxygens (including phenoxy) is 2. The fourth-order valence-electron chi connectivity index (χ4n) is 1.63. The number of carboxylic acids is 1. The van der Waals surface area contributed by atoms with Crippen molar-refractivity contribution in [1.29, 1.82) is 0 Å². The quantitative estimate of drug-likeness (QED) is 0.720. The van der Waals surface area contributed by atoms with Gasteiger partial charge in [0.15, 0.2) is 6.04 Å². The van der Waals surface area contributed by atoms with E-state index in [1.165, 1.54) is 4.90 Å². The van der Waals surface area contributed by atoms with Crippen molar-refractivity contribution in [2.45, 2.75) is 26.0 Å². The molecule has 0 spiro atoms. The van der Waals surface area contributed by atoms with E-state index in [-0.39, 0.29) is 12.5 Å². The van der Waals surface area contributed by atoms with Gasteiger partial charge in [-0.1, -0.05) is 0 Å². The van der Waals surface area contributed by atoms with Crippen molar-refractivity contribution in [1.82, 2.24) is 4.90 Å². The molecule has 1 aliphatic rings. The van der Waals surface area contributed by atoms with Crippen LogP contribution in [0.1, 0.15) is 13.8 Å². The largest absolute Gasteiger partial charge is 0.480 e. The van der Waals surface area contributed by atoms with Crippen molar-refractivity contribution in [2.75, 3.05) is 26.4 Å². The fourth-order valence-corrected chi connectivity index (χ4v) is 1.63. The number of carbonyl (C=O) groups excluding carboxylic acids is 1. The van der Waals surface area contributed by atoms with Crippen LogP contribution in [-0.2, 0) is 19.1 Å². The number of rotatable bonds is 4. The molecule has 0 bridgehead atoms. The van der Waals surface area contributed by atoms with Crippen LogP contribution >= 0.6 is 0 Å². The van der Waals surface area contributed by atoms with Gasteiger partial charge in [-0.25, -0.2) is 4.79 Å². The van der Waals surface area contributed by atoms with Crippen LogP contribution in [0.25, 0.3) is 0 Å². The zero-order valence-corrected chi connectivity index (χ0v) is 9.51. The minimum atomic E-state index is -1.04. The molecule has 2 unspecified atom stereocenters. The van der Waals surface area contributed by atoms with Gasteiger partial charge in [-0.2, -0.15) is 0 Å². The third-order valence-corrected chi connectivity index (χ3v) is 2.46. The first kappa shape index (κ1) is 12.9. The Hall–Kier alpha value is -1.14. The molecular weight excluding hydrogens is 214 g/mol. The summed E-state index contributed by atoms with van der Waals surface area (Å²) in [6, 6.07) is -0.899. The standard InChI is InChI=1S/C10H17NO5/c1-3-16-7(2)9(12)11-4-5-15-6-8(11)10(13)14/h7-8H,3-6H2,1-2H3,(H,13,14). The Balaban J connectivity index is 2.67.